The molecule has 0 aliphatic carbocycles. The molecule has 1 rings (SSSR count). The van der Waals surface area contributed by atoms with Crippen LogP contribution in [0.2, 0.25) is 0 Å². The Kier molecular flexibility index (Phi) is 4.73. The maximum absolute atomic E-state index is 11.0. The van der Waals surface area contributed by atoms with Crippen LogP contribution in [0.25, 0.3) is 0 Å². The second kappa shape index (κ2) is 5.85. The number of aryl methyl sites for hydroxylation is 1. The van der Waals surface area contributed by atoms with E-state index in [1.807, 2.05) is 6.92 Å². The molecule has 3 nitrogen and oxygen atoms in total. The molecule has 0 aliphatic rings. The van der Waals surface area contributed by atoms with Crippen LogP contribution in [0, 0.1) is 18.8 Å². The maximum atomic E-state index is 11.0. The van der Waals surface area contributed by atoms with Gasteiger partial charge in [-0.2, -0.15) is 8.42 Å². The fraction of sp³-hybridized carbons (Fsp3) is 0.385. The average molecular weight is 252 g/mol. The third kappa shape index (κ3) is 4.22. The molecule has 0 bridgehead atoms. The lowest BCUT2D eigenvalue weighted by Crippen LogP contribution is -1.99. The molecule has 4 heteroatoms. The van der Waals surface area contributed by atoms with E-state index in [9.17, 15) is 8.42 Å². The normalized spacial score (nSPS) is 10.8. The predicted molar refractivity (Wildman–Crippen MR) is 67.4 cm³/mol. The molecule has 0 saturated heterocycles. The molecule has 0 radical (unpaired) electrons. The predicted octanol–water partition coefficient (Wildman–Crippen LogP) is 2.78. The van der Waals surface area contributed by atoms with Crippen LogP contribution in [-0.4, -0.2) is 13.0 Å². The topological polar surface area (TPSA) is 54.4 Å². The standard InChI is InChI=1S/C13H16O3S/c1-3-4-5-6-7-12-10-13(17(14,15)16)9-8-11(12)2/h8-10H,3-5H2,1-2H3,(H,14,15,16). The lowest BCUT2D eigenvalue weighted by atomic mass is 10.1. The second-order valence-corrected chi connectivity index (χ2v) is 5.28. The Hall–Kier alpha value is -1.31. The van der Waals surface area contributed by atoms with Crippen LogP contribution in [0.5, 0.6) is 0 Å². The Bertz CT molecular complexity index is 548. The maximum Gasteiger partial charge on any atom is 0.294 e. The first kappa shape index (κ1) is 13.8. The van der Waals surface area contributed by atoms with Gasteiger partial charge < -0.3 is 0 Å². The number of unbranched alkanes of at least 4 members (excludes halogenated alkanes) is 2. The van der Waals surface area contributed by atoms with Crippen LogP contribution in [-0.2, 0) is 10.1 Å². The van der Waals surface area contributed by atoms with E-state index in [-0.39, 0.29) is 4.90 Å². The van der Waals surface area contributed by atoms with Gasteiger partial charge in [-0.05, 0) is 31.0 Å². The zero-order chi connectivity index (χ0) is 12.9. The highest BCUT2D eigenvalue weighted by Crippen LogP contribution is 2.14. The summed E-state index contributed by atoms with van der Waals surface area (Å²) in [5.74, 6) is 5.93. The SMILES string of the molecule is CCCCC#Cc1cc(S(=O)(=O)O)ccc1C. The quantitative estimate of drug-likeness (QED) is 0.511. The minimum absolute atomic E-state index is 0.108. The van der Waals surface area contributed by atoms with Gasteiger partial charge >= 0.3 is 0 Å². The molecule has 0 aliphatic heterocycles. The van der Waals surface area contributed by atoms with Crippen molar-refractivity contribution in [2.24, 2.45) is 0 Å². The molecule has 0 fully saturated rings. The van der Waals surface area contributed by atoms with E-state index in [1.54, 1.807) is 6.07 Å². The Morgan fingerprint density at radius 3 is 2.65 bits per heavy atom. The van der Waals surface area contributed by atoms with Gasteiger partial charge in [0.05, 0.1) is 4.90 Å². The van der Waals surface area contributed by atoms with Crippen molar-refractivity contribution in [1.29, 1.82) is 0 Å². The first-order chi connectivity index (χ1) is 7.95. The monoisotopic (exact) mass is 252 g/mol. The molecule has 17 heavy (non-hydrogen) atoms. The highest BCUT2D eigenvalue weighted by atomic mass is 32.2. The van der Waals surface area contributed by atoms with E-state index in [0.717, 1.165) is 24.8 Å². The van der Waals surface area contributed by atoms with Gasteiger partial charge in [0.25, 0.3) is 10.1 Å². The second-order valence-electron chi connectivity index (χ2n) is 3.86. The molecule has 1 aromatic rings. The third-order valence-electron chi connectivity index (χ3n) is 2.39. The zero-order valence-corrected chi connectivity index (χ0v) is 10.8. The van der Waals surface area contributed by atoms with Crippen LogP contribution in [0.4, 0.5) is 0 Å². The highest BCUT2D eigenvalue weighted by molar-refractivity contribution is 7.85. The number of hydrogen-bond acceptors (Lipinski definition) is 2. The summed E-state index contributed by atoms with van der Waals surface area (Å²) in [5, 5.41) is 0. The Morgan fingerprint density at radius 2 is 2.06 bits per heavy atom. The van der Waals surface area contributed by atoms with Crippen molar-refractivity contribution in [2.75, 3.05) is 0 Å². The van der Waals surface area contributed by atoms with E-state index >= 15 is 0 Å². The van der Waals surface area contributed by atoms with E-state index in [0.29, 0.717) is 5.56 Å². The molecule has 0 aromatic heterocycles. The average Bonchev–Trinajstić information content (AvgIpc) is 2.25. The summed E-state index contributed by atoms with van der Waals surface area (Å²) in [4.78, 5) is -0.108. The van der Waals surface area contributed by atoms with Crippen molar-refractivity contribution in [3.8, 4) is 11.8 Å². The summed E-state index contributed by atoms with van der Waals surface area (Å²) >= 11 is 0. The van der Waals surface area contributed by atoms with Crippen molar-refractivity contribution in [3.63, 3.8) is 0 Å². The van der Waals surface area contributed by atoms with Crippen LogP contribution < -0.4 is 0 Å². The molecular formula is C13H16O3S. The Morgan fingerprint density at radius 1 is 1.35 bits per heavy atom. The summed E-state index contributed by atoms with van der Waals surface area (Å²) in [5.41, 5.74) is 1.55. The van der Waals surface area contributed by atoms with E-state index < -0.39 is 10.1 Å². The highest BCUT2D eigenvalue weighted by Gasteiger charge is 2.10. The summed E-state index contributed by atoms with van der Waals surface area (Å²) in [6.07, 6.45) is 2.91. The third-order valence-corrected chi connectivity index (χ3v) is 3.23. The smallest absolute Gasteiger partial charge is 0.282 e. The Labute approximate surface area is 103 Å². The summed E-state index contributed by atoms with van der Waals surface area (Å²) < 4.78 is 30.9. The fourth-order valence-corrected chi connectivity index (χ4v) is 1.83. The number of benzene rings is 1. The lowest BCUT2D eigenvalue weighted by Gasteiger charge is -2.01. The summed E-state index contributed by atoms with van der Waals surface area (Å²) in [6.45, 7) is 3.95. The fourth-order valence-electron chi connectivity index (χ4n) is 1.32. The Balaban J connectivity index is 3.02. The van der Waals surface area contributed by atoms with Crippen molar-refractivity contribution < 1.29 is 13.0 Å². The number of hydrogen-bond donors (Lipinski definition) is 1. The lowest BCUT2D eigenvalue weighted by molar-refractivity contribution is 0.483. The molecule has 0 spiro atoms. The largest absolute Gasteiger partial charge is 0.294 e. The van der Waals surface area contributed by atoms with Gasteiger partial charge in [0, 0.05) is 12.0 Å². The minimum Gasteiger partial charge on any atom is -0.282 e. The van der Waals surface area contributed by atoms with Crippen LogP contribution >= 0.6 is 0 Å². The molecule has 92 valence electrons. The first-order valence-electron chi connectivity index (χ1n) is 5.52. The van der Waals surface area contributed by atoms with Crippen molar-refractivity contribution in [3.05, 3.63) is 29.3 Å². The van der Waals surface area contributed by atoms with Crippen molar-refractivity contribution >= 4 is 10.1 Å². The molecule has 0 heterocycles. The van der Waals surface area contributed by atoms with Crippen LogP contribution in [0.1, 0.15) is 37.3 Å². The van der Waals surface area contributed by atoms with Crippen molar-refractivity contribution in [1.82, 2.24) is 0 Å². The van der Waals surface area contributed by atoms with E-state index in [4.69, 9.17) is 4.55 Å². The molecule has 1 N–H and O–H groups in total. The van der Waals surface area contributed by atoms with Crippen LogP contribution in [0.3, 0.4) is 0 Å². The molecule has 0 amide bonds. The first-order valence-corrected chi connectivity index (χ1v) is 6.96. The van der Waals surface area contributed by atoms with Gasteiger partial charge in [0.15, 0.2) is 0 Å². The van der Waals surface area contributed by atoms with Crippen LogP contribution in [0.15, 0.2) is 23.1 Å². The van der Waals surface area contributed by atoms with E-state index in [2.05, 4.69) is 18.8 Å². The molecule has 0 unspecified atom stereocenters. The zero-order valence-electron chi connectivity index (χ0n) is 10.0. The van der Waals surface area contributed by atoms with Crippen molar-refractivity contribution in [2.45, 2.75) is 38.0 Å². The summed E-state index contributed by atoms with van der Waals surface area (Å²) in [7, 11) is -4.15. The van der Waals surface area contributed by atoms with Gasteiger partial charge in [-0.15, -0.1) is 0 Å². The van der Waals surface area contributed by atoms with Gasteiger partial charge in [-0.25, -0.2) is 0 Å². The van der Waals surface area contributed by atoms with Gasteiger partial charge in [-0.3, -0.25) is 4.55 Å². The van der Waals surface area contributed by atoms with Gasteiger partial charge in [0.2, 0.25) is 0 Å². The summed E-state index contributed by atoms with van der Waals surface area (Å²) in [6, 6.07) is 4.43. The molecule has 0 atom stereocenters. The van der Waals surface area contributed by atoms with E-state index in [1.165, 1.54) is 12.1 Å². The number of rotatable bonds is 3. The van der Waals surface area contributed by atoms with Gasteiger partial charge in [-0.1, -0.05) is 31.3 Å². The molecule has 1 aromatic carbocycles. The molecular weight excluding hydrogens is 236 g/mol. The van der Waals surface area contributed by atoms with Gasteiger partial charge in [0.1, 0.15) is 0 Å². The molecule has 0 saturated carbocycles. The minimum atomic E-state index is -4.15.